The van der Waals surface area contributed by atoms with Gasteiger partial charge in [-0.3, -0.25) is 9.69 Å². The van der Waals surface area contributed by atoms with E-state index in [0.29, 0.717) is 18.2 Å². The molecular formula is C11H17N3O. The summed E-state index contributed by atoms with van der Waals surface area (Å²) in [7, 11) is 0. The molecule has 0 aromatic carbocycles. The van der Waals surface area contributed by atoms with Crippen LogP contribution in [-0.4, -0.2) is 41.8 Å². The summed E-state index contributed by atoms with van der Waals surface area (Å²) in [5.74, 6) is 0.735. The number of aromatic amines is 1. The summed E-state index contributed by atoms with van der Waals surface area (Å²) in [6.45, 7) is 3.20. The fourth-order valence-electron chi connectivity index (χ4n) is 2.04. The number of carbonyl (C=O) groups is 1. The topological polar surface area (TPSA) is 62.1 Å². The smallest absolute Gasteiger partial charge is 0.192 e. The molecule has 1 fully saturated rings. The standard InChI is InChI=1S/C11H17N3O/c12-6-9-3-5-14(7-9)8-11(15)10-2-1-4-13-10/h1-2,4,9,13H,3,5-8,12H2. The predicted octanol–water partition coefficient (Wildman–Crippen LogP) is 0.478. The maximum absolute atomic E-state index is 11.8. The molecule has 0 saturated carbocycles. The molecule has 1 unspecified atom stereocenters. The summed E-state index contributed by atoms with van der Waals surface area (Å²) < 4.78 is 0. The molecule has 2 rings (SSSR count). The highest BCUT2D eigenvalue weighted by molar-refractivity contribution is 5.95. The van der Waals surface area contributed by atoms with Crippen LogP contribution < -0.4 is 5.73 Å². The van der Waals surface area contributed by atoms with Crippen LogP contribution in [0.4, 0.5) is 0 Å². The van der Waals surface area contributed by atoms with E-state index in [1.54, 1.807) is 6.20 Å². The lowest BCUT2D eigenvalue weighted by Gasteiger charge is -2.13. The van der Waals surface area contributed by atoms with Crippen LogP contribution in [0.1, 0.15) is 16.9 Å². The van der Waals surface area contributed by atoms with E-state index in [1.807, 2.05) is 12.1 Å². The Labute approximate surface area is 89.5 Å². The molecule has 15 heavy (non-hydrogen) atoms. The number of likely N-dealkylation sites (tertiary alicyclic amines) is 1. The summed E-state index contributed by atoms with van der Waals surface area (Å²) in [6.07, 6.45) is 2.90. The molecule has 0 aliphatic carbocycles. The first-order valence-corrected chi connectivity index (χ1v) is 5.38. The highest BCUT2D eigenvalue weighted by Crippen LogP contribution is 2.14. The van der Waals surface area contributed by atoms with Crippen LogP contribution in [0.25, 0.3) is 0 Å². The summed E-state index contributed by atoms with van der Waals surface area (Å²) in [5.41, 5.74) is 6.30. The van der Waals surface area contributed by atoms with Crippen LogP contribution in [0.15, 0.2) is 18.3 Å². The Morgan fingerprint density at radius 1 is 1.67 bits per heavy atom. The molecule has 0 radical (unpaired) electrons. The number of aromatic nitrogens is 1. The van der Waals surface area contributed by atoms with Gasteiger partial charge >= 0.3 is 0 Å². The molecule has 1 aromatic heterocycles. The van der Waals surface area contributed by atoms with Crippen molar-refractivity contribution in [1.82, 2.24) is 9.88 Å². The summed E-state index contributed by atoms with van der Waals surface area (Å²) in [5, 5.41) is 0. The van der Waals surface area contributed by atoms with Gasteiger partial charge in [-0.15, -0.1) is 0 Å². The van der Waals surface area contributed by atoms with Gasteiger partial charge in [-0.25, -0.2) is 0 Å². The number of hydrogen-bond donors (Lipinski definition) is 2. The van der Waals surface area contributed by atoms with Crippen molar-refractivity contribution in [2.75, 3.05) is 26.2 Å². The van der Waals surface area contributed by atoms with E-state index in [4.69, 9.17) is 5.73 Å². The van der Waals surface area contributed by atoms with Gasteiger partial charge in [0.05, 0.1) is 12.2 Å². The van der Waals surface area contributed by atoms with Gasteiger partial charge < -0.3 is 10.7 Å². The fourth-order valence-corrected chi connectivity index (χ4v) is 2.04. The first-order chi connectivity index (χ1) is 7.29. The van der Waals surface area contributed by atoms with Crippen molar-refractivity contribution in [2.24, 2.45) is 11.7 Å². The molecule has 2 heterocycles. The number of rotatable bonds is 4. The van der Waals surface area contributed by atoms with E-state index in [9.17, 15) is 4.79 Å². The second-order valence-corrected chi connectivity index (χ2v) is 4.13. The van der Waals surface area contributed by atoms with Crippen molar-refractivity contribution in [3.8, 4) is 0 Å². The van der Waals surface area contributed by atoms with Crippen LogP contribution in [0.5, 0.6) is 0 Å². The Morgan fingerprint density at radius 3 is 3.13 bits per heavy atom. The molecule has 4 heteroatoms. The molecular weight excluding hydrogens is 190 g/mol. The molecule has 1 atom stereocenters. The Bertz CT molecular complexity index is 321. The zero-order chi connectivity index (χ0) is 10.7. The Morgan fingerprint density at radius 2 is 2.53 bits per heavy atom. The van der Waals surface area contributed by atoms with Crippen LogP contribution in [-0.2, 0) is 0 Å². The molecule has 0 bridgehead atoms. The number of nitrogens with one attached hydrogen (secondary N) is 1. The van der Waals surface area contributed by atoms with Gasteiger partial charge in [-0.1, -0.05) is 0 Å². The summed E-state index contributed by atoms with van der Waals surface area (Å²) in [4.78, 5) is 16.9. The largest absolute Gasteiger partial charge is 0.359 e. The molecule has 1 aliphatic rings. The Kier molecular flexibility index (Phi) is 3.18. The maximum atomic E-state index is 11.8. The second-order valence-electron chi connectivity index (χ2n) is 4.13. The van der Waals surface area contributed by atoms with E-state index >= 15 is 0 Å². The van der Waals surface area contributed by atoms with Gasteiger partial charge in [-0.2, -0.15) is 0 Å². The number of H-pyrrole nitrogens is 1. The van der Waals surface area contributed by atoms with Crippen molar-refractivity contribution in [3.05, 3.63) is 24.0 Å². The lowest BCUT2D eigenvalue weighted by Crippen LogP contribution is -2.29. The van der Waals surface area contributed by atoms with Gasteiger partial charge in [0.2, 0.25) is 0 Å². The van der Waals surface area contributed by atoms with Crippen LogP contribution in [0.3, 0.4) is 0 Å². The van der Waals surface area contributed by atoms with Crippen molar-refractivity contribution in [3.63, 3.8) is 0 Å². The number of nitrogens with zero attached hydrogens (tertiary/aromatic N) is 1. The van der Waals surface area contributed by atoms with Crippen molar-refractivity contribution in [2.45, 2.75) is 6.42 Å². The number of carbonyl (C=O) groups excluding carboxylic acids is 1. The van der Waals surface area contributed by atoms with Gasteiger partial charge in [0.25, 0.3) is 0 Å². The van der Waals surface area contributed by atoms with E-state index in [1.165, 1.54) is 0 Å². The van der Waals surface area contributed by atoms with E-state index in [2.05, 4.69) is 9.88 Å². The van der Waals surface area contributed by atoms with E-state index < -0.39 is 0 Å². The quantitative estimate of drug-likeness (QED) is 0.706. The van der Waals surface area contributed by atoms with Gasteiger partial charge in [0.1, 0.15) is 0 Å². The third kappa shape index (κ3) is 2.46. The molecule has 4 nitrogen and oxygen atoms in total. The first kappa shape index (κ1) is 10.4. The molecule has 0 spiro atoms. The third-order valence-corrected chi connectivity index (χ3v) is 2.97. The van der Waals surface area contributed by atoms with Gasteiger partial charge in [-0.05, 0) is 37.6 Å². The molecule has 82 valence electrons. The zero-order valence-corrected chi connectivity index (χ0v) is 8.78. The van der Waals surface area contributed by atoms with Gasteiger partial charge in [0, 0.05) is 12.7 Å². The minimum absolute atomic E-state index is 0.165. The third-order valence-electron chi connectivity index (χ3n) is 2.97. The van der Waals surface area contributed by atoms with Crippen molar-refractivity contribution < 1.29 is 4.79 Å². The fraction of sp³-hybridized carbons (Fsp3) is 0.545. The number of Topliss-reactive ketones (excluding diaryl/α,β-unsaturated/α-hetero) is 1. The van der Waals surface area contributed by atoms with E-state index in [0.717, 1.165) is 26.1 Å². The minimum Gasteiger partial charge on any atom is -0.359 e. The van der Waals surface area contributed by atoms with Crippen LogP contribution in [0.2, 0.25) is 0 Å². The molecule has 0 amide bonds. The second kappa shape index (κ2) is 4.59. The number of nitrogens with two attached hydrogens (primary N) is 1. The zero-order valence-electron chi connectivity index (χ0n) is 8.78. The SMILES string of the molecule is NCC1CCN(CC(=O)c2ccc[nH]2)C1. The van der Waals surface area contributed by atoms with E-state index in [-0.39, 0.29) is 5.78 Å². The lowest BCUT2D eigenvalue weighted by molar-refractivity contribution is 0.0939. The maximum Gasteiger partial charge on any atom is 0.192 e. The lowest BCUT2D eigenvalue weighted by atomic mass is 10.1. The highest BCUT2D eigenvalue weighted by atomic mass is 16.1. The summed E-state index contributed by atoms with van der Waals surface area (Å²) >= 11 is 0. The minimum atomic E-state index is 0.165. The first-order valence-electron chi connectivity index (χ1n) is 5.38. The average molecular weight is 207 g/mol. The molecule has 1 aromatic rings. The molecule has 1 aliphatic heterocycles. The molecule has 1 saturated heterocycles. The van der Waals surface area contributed by atoms with Gasteiger partial charge in [0.15, 0.2) is 5.78 Å². The Balaban J connectivity index is 1.86. The van der Waals surface area contributed by atoms with Crippen LogP contribution in [0, 0.1) is 5.92 Å². The normalized spacial score (nSPS) is 22.1. The molecule has 3 N–H and O–H groups in total. The highest BCUT2D eigenvalue weighted by Gasteiger charge is 2.23. The Hall–Kier alpha value is -1.13. The average Bonchev–Trinajstić information content (AvgIpc) is 2.87. The summed E-state index contributed by atoms with van der Waals surface area (Å²) in [6, 6.07) is 3.67. The monoisotopic (exact) mass is 207 g/mol. The number of ketones is 1. The predicted molar refractivity (Wildman–Crippen MR) is 58.7 cm³/mol. The van der Waals surface area contributed by atoms with Crippen molar-refractivity contribution >= 4 is 5.78 Å². The van der Waals surface area contributed by atoms with Crippen molar-refractivity contribution in [1.29, 1.82) is 0 Å². The number of hydrogen-bond acceptors (Lipinski definition) is 3. The van der Waals surface area contributed by atoms with Crippen LogP contribution >= 0.6 is 0 Å².